The average Bonchev–Trinajstić information content (AvgIpc) is 3.04. The summed E-state index contributed by atoms with van der Waals surface area (Å²) in [6.07, 6.45) is 0. The maximum absolute atomic E-state index is 7.61. The predicted octanol–water partition coefficient (Wildman–Crippen LogP) is 17.1. The number of rotatable bonds is 4. The van der Waals surface area contributed by atoms with Gasteiger partial charge < -0.3 is 8.85 Å². The zero-order valence-corrected chi connectivity index (χ0v) is 52.3. The Morgan fingerprint density at radius 2 is 0.627 bits per heavy atom. The minimum atomic E-state index is -2.09. The summed E-state index contributed by atoms with van der Waals surface area (Å²) in [7, 11) is -7.38. The van der Waals surface area contributed by atoms with E-state index < -0.39 is 32.3 Å². The second kappa shape index (κ2) is 20.6. The Morgan fingerprint density at radius 1 is 0.407 bits per heavy atom. The second-order valence-electron chi connectivity index (χ2n) is 26.1. The molecule has 1 saturated heterocycles. The van der Waals surface area contributed by atoms with Gasteiger partial charge in [-0.25, -0.2) is 0 Å². The molecule has 1 fully saturated rings. The van der Waals surface area contributed by atoms with E-state index in [1.54, 1.807) is 0 Å². The molecule has 3 rings (SSSR count). The fourth-order valence-corrected chi connectivity index (χ4v) is 43.2. The van der Waals surface area contributed by atoms with E-state index in [1.165, 1.54) is 11.1 Å². The van der Waals surface area contributed by atoms with Crippen LogP contribution in [0.2, 0.25) is 66.5 Å². The van der Waals surface area contributed by atoms with Crippen molar-refractivity contribution in [2.45, 2.75) is 244 Å². The van der Waals surface area contributed by atoms with E-state index in [0.29, 0.717) is 20.2 Å². The van der Waals surface area contributed by atoms with Crippen molar-refractivity contribution in [3.63, 3.8) is 0 Å². The topological polar surface area (TPSA) is 18.5 Å². The molecule has 1 aliphatic heterocycles. The van der Waals surface area contributed by atoms with E-state index in [9.17, 15) is 0 Å². The molecule has 59 heavy (non-hydrogen) atoms. The fraction of sp³-hybridized carbons (Fsp3) is 0.760. The fourth-order valence-electron chi connectivity index (χ4n) is 9.00. The van der Waals surface area contributed by atoms with Gasteiger partial charge >= 0.3 is 8.80 Å². The monoisotopic (exact) mass is 971 g/mol. The summed E-state index contributed by atoms with van der Waals surface area (Å²) in [5, 5.41) is 2.89. The quantitative estimate of drug-likeness (QED) is 0.284. The molecule has 2 nitrogen and oxygen atoms in total. The van der Waals surface area contributed by atoms with E-state index in [4.69, 9.17) is 8.85 Å². The van der Waals surface area contributed by atoms with Gasteiger partial charge in [-0.1, -0.05) is 253 Å². The minimum Gasteiger partial charge on any atom is -0.392 e. The van der Waals surface area contributed by atoms with E-state index in [1.807, 2.05) is 0 Å². The third-order valence-corrected chi connectivity index (χ3v) is 58.3. The molecule has 9 heteroatoms. The van der Waals surface area contributed by atoms with Crippen molar-refractivity contribution in [3.05, 3.63) is 71.8 Å². The Kier molecular flexibility index (Phi) is 20.7. The summed E-state index contributed by atoms with van der Waals surface area (Å²) in [5.74, 6) is 0. The van der Waals surface area contributed by atoms with Gasteiger partial charge in [-0.3, -0.25) is 0 Å². The first-order chi connectivity index (χ1) is 25.5. The van der Waals surface area contributed by atoms with Crippen molar-refractivity contribution in [1.29, 1.82) is 0 Å². The maximum atomic E-state index is 7.61. The summed E-state index contributed by atoms with van der Waals surface area (Å²) in [6.45, 7) is 68.0. The Labute approximate surface area is 389 Å². The zero-order valence-electron chi connectivity index (χ0n) is 44.2. The summed E-state index contributed by atoms with van der Waals surface area (Å²) in [5.41, 5.74) is 2.97. The smallest absolute Gasteiger partial charge is 0.360 e. The molecule has 0 aromatic heterocycles. The van der Waals surface area contributed by atoms with Crippen LogP contribution in [0.4, 0.5) is 0 Å². The van der Waals surface area contributed by atoms with Crippen LogP contribution < -0.4 is 0 Å². The van der Waals surface area contributed by atoms with E-state index in [-0.39, 0.29) is 66.8 Å². The van der Waals surface area contributed by atoms with Gasteiger partial charge in [0.1, 0.15) is 15.9 Å². The van der Waals surface area contributed by atoms with Crippen molar-refractivity contribution in [2.24, 2.45) is 0 Å². The second-order valence-corrected chi connectivity index (χ2v) is 57.0. The summed E-state index contributed by atoms with van der Waals surface area (Å²) >= 11 is 0. The number of benzene rings is 2. The molecule has 2 atom stereocenters. The Balaban J connectivity index is 0.00000132. The molecule has 2 aromatic carbocycles. The van der Waals surface area contributed by atoms with Gasteiger partial charge in [0.2, 0.25) is 0 Å². The van der Waals surface area contributed by atoms with Gasteiger partial charge in [-0.15, -0.1) is 0 Å². The largest absolute Gasteiger partial charge is 0.392 e. The third kappa shape index (κ3) is 14.6. The molecule has 0 aliphatic carbocycles. The minimum absolute atomic E-state index is 0. The van der Waals surface area contributed by atoms with Crippen molar-refractivity contribution in [3.8, 4) is 0 Å². The maximum Gasteiger partial charge on any atom is 0.360 e. The van der Waals surface area contributed by atoms with Crippen LogP contribution in [0.15, 0.2) is 60.7 Å². The standard InChI is InChI=1S/C32H54O2Si4.2C9H21Si.Ge/c1-29(2,3)37(13,30(4,5)6)35-27(25-21-17-15-18-22-25)33-36(34-28(35)26-23-19-16-20-24-26)38(14,31(7,8)9)32(10,11)12;2*1-8(2,3)10(7)9(4,5)6;/h15-24,27-28H,1-14H3;2*1-7H3;/t27-,28-;;;/m0.../s1. The van der Waals surface area contributed by atoms with Crippen molar-refractivity contribution in [2.75, 3.05) is 0 Å². The van der Waals surface area contributed by atoms with Crippen LogP contribution >= 0.6 is 0 Å². The summed E-state index contributed by atoms with van der Waals surface area (Å²) in [6, 6.07) is 22.4. The molecule has 336 valence electrons. The number of hydrogen-bond donors (Lipinski definition) is 0. The van der Waals surface area contributed by atoms with Gasteiger partial charge in [-0.05, 0) is 51.4 Å². The van der Waals surface area contributed by atoms with Crippen LogP contribution in [0.3, 0.4) is 0 Å². The van der Waals surface area contributed by atoms with Crippen molar-refractivity contribution < 1.29 is 8.85 Å². The predicted molar refractivity (Wildman–Crippen MR) is 282 cm³/mol. The molecule has 2 aromatic rings. The molecule has 1 heterocycles. The first-order valence-electron chi connectivity index (χ1n) is 22.4. The van der Waals surface area contributed by atoms with Crippen LogP contribution in [0.5, 0.6) is 0 Å². The van der Waals surface area contributed by atoms with Crippen LogP contribution in [-0.2, 0) is 8.85 Å². The van der Waals surface area contributed by atoms with Crippen molar-refractivity contribution in [1.82, 2.24) is 0 Å². The molecule has 0 saturated carbocycles. The molecular weight excluding hydrogens is 874 g/mol. The van der Waals surface area contributed by atoms with Gasteiger partial charge in [0.25, 0.3) is 0 Å². The van der Waals surface area contributed by atoms with Crippen LogP contribution in [0.25, 0.3) is 0 Å². The molecule has 0 amide bonds. The van der Waals surface area contributed by atoms with Gasteiger partial charge in [0, 0.05) is 17.6 Å². The number of hydrogen-bond acceptors (Lipinski definition) is 2. The van der Waals surface area contributed by atoms with E-state index in [0.717, 1.165) is 0 Å². The Morgan fingerprint density at radius 3 is 0.797 bits per heavy atom. The molecule has 0 unspecified atom stereocenters. The van der Waals surface area contributed by atoms with E-state index >= 15 is 0 Å². The van der Waals surface area contributed by atoms with Gasteiger partial charge in [0.15, 0.2) is 0 Å². The SMILES string of the molecule is CC(C)(C)[Si](C)([Si]1O[C@H](c2ccccc2)[Si]([Si](C)(C(C)(C)C)C(C)(C)C)[C@@H](c2ccccc2)O1)C(C)(C)C.C[Si](C(C)(C)C)C(C)(C)C.C[Si](C(C)(C)C)C(C)(C)C.[Ge]. The first kappa shape index (κ1) is 59.2. The molecule has 0 bridgehead atoms. The third-order valence-electron chi connectivity index (χ3n) is 14.7. The van der Waals surface area contributed by atoms with Crippen LogP contribution in [0, 0.1) is 0 Å². The summed E-state index contributed by atoms with van der Waals surface area (Å²) < 4.78 is 15.2. The Hall–Kier alpha value is 0.204. The molecule has 0 N–H and O–H groups in total. The average molecular weight is 970 g/mol. The normalized spacial score (nSPS) is 18.7. The molecule has 8 radical (unpaired) electrons. The van der Waals surface area contributed by atoms with E-state index in [2.05, 4.69) is 253 Å². The van der Waals surface area contributed by atoms with Crippen LogP contribution in [-0.4, -0.2) is 67.5 Å². The Bertz CT molecular complexity index is 1390. The van der Waals surface area contributed by atoms with Crippen molar-refractivity contribution >= 4 is 67.5 Å². The van der Waals surface area contributed by atoms with Crippen LogP contribution in [0.1, 0.15) is 189 Å². The molecular formula is C50H96GeO2Si6. The van der Waals surface area contributed by atoms with Gasteiger partial charge in [-0.2, -0.15) is 0 Å². The zero-order chi connectivity index (χ0) is 46.1. The molecule has 0 spiro atoms. The first-order valence-corrected chi connectivity index (χ1v) is 36.3. The van der Waals surface area contributed by atoms with Gasteiger partial charge in [0.05, 0.1) is 36.6 Å². The summed E-state index contributed by atoms with van der Waals surface area (Å²) in [4.78, 5) is 0. The molecule has 1 aliphatic rings.